The average molecular weight is 320 g/mol. The van der Waals surface area contributed by atoms with Crippen molar-refractivity contribution in [3.05, 3.63) is 11.5 Å². The van der Waals surface area contributed by atoms with E-state index in [4.69, 9.17) is 9.15 Å². The van der Waals surface area contributed by atoms with Crippen LogP contribution < -0.4 is 4.90 Å². The maximum Gasteiger partial charge on any atom is 0.376 e. The van der Waals surface area contributed by atoms with E-state index in [0.717, 1.165) is 4.90 Å². The number of aryl methyl sites for hydroxylation is 1. The predicted molar refractivity (Wildman–Crippen MR) is 68.0 cm³/mol. The highest BCUT2D eigenvalue weighted by atomic mass is 32.3. The Hall–Kier alpha value is -1.97. The van der Waals surface area contributed by atoms with Crippen molar-refractivity contribution in [2.24, 2.45) is 0 Å². The Bertz CT molecular complexity index is 683. The number of anilines is 1. The molecular weight excluding hydrogens is 307 g/mol. The van der Waals surface area contributed by atoms with Crippen molar-refractivity contribution in [2.75, 3.05) is 18.1 Å². The van der Waals surface area contributed by atoms with Crippen LogP contribution in [0.1, 0.15) is 29.6 Å². The lowest BCUT2D eigenvalue weighted by molar-refractivity contribution is -0.117. The van der Waals surface area contributed by atoms with E-state index in [2.05, 4.69) is 4.98 Å². The molecule has 0 aliphatic carbocycles. The summed E-state index contributed by atoms with van der Waals surface area (Å²) in [6.45, 7) is 2.83. The van der Waals surface area contributed by atoms with Crippen molar-refractivity contribution in [2.45, 2.75) is 25.5 Å². The summed E-state index contributed by atoms with van der Waals surface area (Å²) in [5.41, 5.74) is 0.197. The molecule has 116 valence electrons. The van der Waals surface area contributed by atoms with Crippen molar-refractivity contribution < 1.29 is 31.0 Å². The van der Waals surface area contributed by atoms with E-state index in [1.54, 1.807) is 6.92 Å². The molecule has 1 unspecified atom stereocenters. The molecule has 0 radical (unpaired) electrons. The van der Waals surface area contributed by atoms with Gasteiger partial charge in [0, 0.05) is 6.42 Å². The van der Waals surface area contributed by atoms with Crippen LogP contribution in [0.5, 0.6) is 0 Å². The minimum absolute atomic E-state index is 0.138. The number of rotatable bonds is 4. The summed E-state index contributed by atoms with van der Waals surface area (Å²) in [5, 5.41) is -1.46. The zero-order valence-electron chi connectivity index (χ0n) is 11.3. The molecule has 1 aromatic rings. The molecule has 10 heteroatoms. The summed E-state index contributed by atoms with van der Waals surface area (Å²) < 4.78 is 44.5. The van der Waals surface area contributed by atoms with Gasteiger partial charge in [0.25, 0.3) is 0 Å². The van der Waals surface area contributed by atoms with E-state index in [9.17, 15) is 21.9 Å². The lowest BCUT2D eigenvalue weighted by Crippen LogP contribution is -2.27. The molecule has 0 saturated carbocycles. The smallest absolute Gasteiger partial charge is 0.376 e. The van der Waals surface area contributed by atoms with Crippen molar-refractivity contribution >= 4 is 28.1 Å². The van der Waals surface area contributed by atoms with E-state index < -0.39 is 40.3 Å². The summed E-state index contributed by atoms with van der Waals surface area (Å²) in [6.07, 6.45) is -0.491. The van der Waals surface area contributed by atoms with Crippen LogP contribution in [0, 0.1) is 6.92 Å². The zero-order chi connectivity index (χ0) is 15.8. The van der Waals surface area contributed by atoms with Gasteiger partial charge in [-0.25, -0.2) is 4.79 Å². The lowest BCUT2D eigenvalue weighted by atomic mass is 10.4. The Morgan fingerprint density at radius 2 is 2.24 bits per heavy atom. The molecule has 0 N–H and O–H groups in total. The molecule has 0 aromatic carbocycles. The normalized spacial score (nSPS) is 19.1. The maximum atomic E-state index is 12.9. The Morgan fingerprint density at radius 1 is 1.57 bits per heavy atom. The van der Waals surface area contributed by atoms with Crippen molar-refractivity contribution in [3.8, 4) is 0 Å². The molecule has 8 nitrogen and oxygen atoms in total. The molecule has 2 rings (SSSR count). The van der Waals surface area contributed by atoms with Gasteiger partial charge in [-0.3, -0.25) is 9.69 Å². The van der Waals surface area contributed by atoms with Gasteiger partial charge in [-0.2, -0.15) is 13.4 Å². The highest BCUT2D eigenvalue weighted by Gasteiger charge is 2.41. The van der Waals surface area contributed by atoms with E-state index in [1.807, 2.05) is 0 Å². The van der Waals surface area contributed by atoms with Gasteiger partial charge in [0.15, 0.2) is 0 Å². The van der Waals surface area contributed by atoms with Gasteiger partial charge in [-0.15, -0.1) is 3.89 Å². The SMILES string of the molecule is CCOC(=O)c1oc(N2CC(S(=O)(=O)F)CC2=O)nc1C. The molecule has 1 aliphatic heterocycles. The second-order valence-corrected chi connectivity index (χ2v) is 6.06. The number of carbonyl (C=O) groups is 2. The van der Waals surface area contributed by atoms with Gasteiger partial charge in [0.2, 0.25) is 11.7 Å². The lowest BCUT2D eigenvalue weighted by Gasteiger charge is -2.09. The number of ether oxygens (including phenoxy) is 1. The van der Waals surface area contributed by atoms with E-state index in [1.165, 1.54) is 6.92 Å². The number of esters is 1. The monoisotopic (exact) mass is 320 g/mol. The highest BCUT2D eigenvalue weighted by molar-refractivity contribution is 7.87. The Labute approximate surface area is 120 Å². The highest BCUT2D eigenvalue weighted by Crippen LogP contribution is 2.27. The molecule has 1 atom stereocenters. The zero-order valence-corrected chi connectivity index (χ0v) is 12.1. The number of nitrogens with zero attached hydrogens (tertiary/aromatic N) is 2. The van der Waals surface area contributed by atoms with Crippen molar-refractivity contribution in [1.82, 2.24) is 4.98 Å². The first-order valence-corrected chi connectivity index (χ1v) is 7.57. The molecular formula is C11H13FN2O6S. The molecule has 1 saturated heterocycles. The first-order valence-electron chi connectivity index (χ1n) is 6.12. The van der Waals surface area contributed by atoms with Crippen molar-refractivity contribution in [1.29, 1.82) is 0 Å². The summed E-state index contributed by atoms with van der Waals surface area (Å²) in [5.74, 6) is -1.56. The topological polar surface area (TPSA) is 107 Å². The predicted octanol–water partition coefficient (Wildman–Crippen LogP) is 0.564. The van der Waals surface area contributed by atoms with Gasteiger partial charge >= 0.3 is 22.2 Å². The van der Waals surface area contributed by atoms with Gasteiger partial charge in [-0.05, 0) is 13.8 Å². The number of aromatic nitrogens is 1. The second kappa shape index (κ2) is 5.43. The van der Waals surface area contributed by atoms with Crippen LogP contribution in [0.25, 0.3) is 0 Å². The van der Waals surface area contributed by atoms with E-state index in [0.29, 0.717) is 0 Å². The molecule has 21 heavy (non-hydrogen) atoms. The summed E-state index contributed by atoms with van der Waals surface area (Å²) >= 11 is 0. The Kier molecular flexibility index (Phi) is 3.99. The number of halogens is 1. The van der Waals surface area contributed by atoms with Gasteiger partial charge < -0.3 is 9.15 Å². The van der Waals surface area contributed by atoms with Crippen LogP contribution in [-0.2, 0) is 19.8 Å². The quantitative estimate of drug-likeness (QED) is 0.589. The van der Waals surface area contributed by atoms with Gasteiger partial charge in [-0.1, -0.05) is 0 Å². The number of carbonyl (C=O) groups excluding carboxylic acids is 2. The maximum absolute atomic E-state index is 12.9. The fourth-order valence-corrected chi connectivity index (χ4v) is 2.60. The minimum atomic E-state index is -4.83. The molecule has 0 spiro atoms. The summed E-state index contributed by atoms with van der Waals surface area (Å²) in [7, 11) is -4.83. The fraction of sp³-hybridized carbons (Fsp3) is 0.545. The third-order valence-corrected chi connectivity index (χ3v) is 4.08. The average Bonchev–Trinajstić information content (AvgIpc) is 2.92. The van der Waals surface area contributed by atoms with E-state index in [-0.39, 0.29) is 24.1 Å². The Morgan fingerprint density at radius 3 is 2.76 bits per heavy atom. The first-order chi connectivity index (χ1) is 9.74. The molecule has 1 amide bonds. The third kappa shape index (κ3) is 3.04. The molecule has 1 aromatic heterocycles. The van der Waals surface area contributed by atoms with Crippen LogP contribution in [0.4, 0.5) is 9.90 Å². The van der Waals surface area contributed by atoms with Crippen LogP contribution in [0.2, 0.25) is 0 Å². The van der Waals surface area contributed by atoms with Crippen LogP contribution >= 0.6 is 0 Å². The van der Waals surface area contributed by atoms with Crippen LogP contribution in [0.15, 0.2) is 4.42 Å². The largest absolute Gasteiger partial charge is 0.460 e. The van der Waals surface area contributed by atoms with Gasteiger partial charge in [0.05, 0.1) is 18.8 Å². The minimum Gasteiger partial charge on any atom is -0.460 e. The number of amides is 1. The summed E-state index contributed by atoms with van der Waals surface area (Å²) in [4.78, 5) is 28.1. The van der Waals surface area contributed by atoms with Crippen LogP contribution in [-0.4, -0.2) is 43.7 Å². The number of hydrogen-bond acceptors (Lipinski definition) is 7. The van der Waals surface area contributed by atoms with Crippen molar-refractivity contribution in [3.63, 3.8) is 0 Å². The van der Waals surface area contributed by atoms with Crippen LogP contribution in [0.3, 0.4) is 0 Å². The number of oxazole rings is 1. The Balaban J connectivity index is 2.26. The third-order valence-electron chi connectivity index (χ3n) is 2.96. The molecule has 1 aliphatic rings. The number of hydrogen-bond donors (Lipinski definition) is 0. The summed E-state index contributed by atoms with van der Waals surface area (Å²) in [6, 6.07) is -0.244. The van der Waals surface area contributed by atoms with Gasteiger partial charge in [0.1, 0.15) is 5.25 Å². The molecule has 0 bridgehead atoms. The first kappa shape index (κ1) is 15.4. The standard InChI is InChI=1S/C11H13FN2O6S/c1-3-19-10(16)9-6(2)13-11(20-9)14-5-7(4-8(14)15)21(12,17)18/h7H,3-5H2,1-2H3. The second-order valence-electron chi connectivity index (χ2n) is 4.44. The molecule has 1 fully saturated rings. The fourth-order valence-electron chi connectivity index (χ4n) is 1.93. The van der Waals surface area contributed by atoms with E-state index >= 15 is 0 Å². The molecule has 2 heterocycles.